The highest BCUT2D eigenvalue weighted by Gasteiger charge is 2.33. The van der Waals surface area contributed by atoms with E-state index >= 15 is 0 Å². The lowest BCUT2D eigenvalue weighted by molar-refractivity contribution is -0.132. The number of aryl methyl sites for hydroxylation is 3. The summed E-state index contributed by atoms with van der Waals surface area (Å²) in [6.45, 7) is 4.89. The number of hydrogen-bond donors (Lipinski definition) is 1. The predicted molar refractivity (Wildman–Crippen MR) is 115 cm³/mol. The van der Waals surface area contributed by atoms with Crippen LogP contribution in [-0.4, -0.2) is 64.5 Å². The number of H-pyrrole nitrogens is 1. The highest BCUT2D eigenvalue weighted by molar-refractivity contribution is 7.89. The summed E-state index contributed by atoms with van der Waals surface area (Å²) >= 11 is 0. The first-order valence-electron chi connectivity index (χ1n) is 10.1. The van der Waals surface area contributed by atoms with E-state index in [0.29, 0.717) is 50.4 Å². The molecular formula is C21H27N5O3S. The van der Waals surface area contributed by atoms with Crippen molar-refractivity contribution in [3.05, 3.63) is 47.4 Å². The number of nitrogens with one attached hydrogen (secondary N) is 1. The summed E-state index contributed by atoms with van der Waals surface area (Å²) in [7, 11) is -1.87. The molecule has 0 aliphatic carbocycles. The Kier molecular flexibility index (Phi) is 5.42. The Labute approximate surface area is 176 Å². The molecule has 0 spiro atoms. The van der Waals surface area contributed by atoms with Crippen molar-refractivity contribution >= 4 is 26.8 Å². The summed E-state index contributed by atoms with van der Waals surface area (Å²) in [5, 5.41) is 5.37. The number of aromatic amines is 1. The van der Waals surface area contributed by atoms with Gasteiger partial charge in [0.2, 0.25) is 15.9 Å². The molecule has 0 bridgehead atoms. The Morgan fingerprint density at radius 2 is 1.83 bits per heavy atom. The molecule has 0 radical (unpaired) electrons. The fraction of sp³-hybridized carbons (Fsp3) is 0.429. The number of fused-ring (bicyclic) bond motifs is 1. The number of carbonyl (C=O) groups excluding carboxylic acids is 1. The van der Waals surface area contributed by atoms with Gasteiger partial charge in [-0.2, -0.15) is 9.40 Å². The molecule has 1 saturated heterocycles. The number of piperazine rings is 1. The molecule has 1 N–H and O–H groups in total. The van der Waals surface area contributed by atoms with Gasteiger partial charge in [0.15, 0.2) is 0 Å². The van der Waals surface area contributed by atoms with Crippen molar-refractivity contribution in [2.45, 2.75) is 31.6 Å². The summed E-state index contributed by atoms with van der Waals surface area (Å²) in [6.07, 6.45) is 3.03. The maximum Gasteiger partial charge on any atom is 0.246 e. The molecule has 30 heavy (non-hydrogen) atoms. The number of nitrogens with zero attached hydrogens (tertiary/aromatic N) is 4. The Morgan fingerprint density at radius 3 is 2.50 bits per heavy atom. The average molecular weight is 430 g/mol. The lowest BCUT2D eigenvalue weighted by Gasteiger charge is -2.34. The fourth-order valence-corrected chi connectivity index (χ4v) is 5.99. The first kappa shape index (κ1) is 20.6. The third-order valence-electron chi connectivity index (χ3n) is 5.91. The van der Waals surface area contributed by atoms with E-state index in [1.807, 2.05) is 24.4 Å². The molecular weight excluding hydrogens is 402 g/mol. The molecule has 3 aromatic rings. The number of sulfonamides is 1. The van der Waals surface area contributed by atoms with Crippen LogP contribution in [-0.2, 0) is 28.3 Å². The third-order valence-corrected chi connectivity index (χ3v) is 8.07. The van der Waals surface area contributed by atoms with Crippen molar-refractivity contribution in [1.29, 1.82) is 0 Å². The van der Waals surface area contributed by atoms with E-state index in [0.717, 1.165) is 16.5 Å². The smallest absolute Gasteiger partial charge is 0.246 e. The van der Waals surface area contributed by atoms with Crippen LogP contribution in [0.25, 0.3) is 10.9 Å². The summed E-state index contributed by atoms with van der Waals surface area (Å²) in [4.78, 5) is 18.0. The van der Waals surface area contributed by atoms with Crippen LogP contribution in [0, 0.1) is 13.8 Å². The Balaban J connectivity index is 1.37. The third kappa shape index (κ3) is 3.63. The van der Waals surface area contributed by atoms with E-state index in [2.05, 4.69) is 16.1 Å². The molecule has 1 amide bonds. The summed E-state index contributed by atoms with van der Waals surface area (Å²) in [5.41, 5.74) is 3.33. The maximum absolute atomic E-state index is 13.1. The standard InChI is InChI=1S/C21H27N5O3S/c1-15-21(16(2)24(3)23-15)30(28,29)26-12-10-25(11-13-26)20(27)9-8-17-14-22-19-7-5-4-6-18(17)19/h4-7,14,22H,8-13H2,1-3H3. The van der Waals surface area contributed by atoms with Gasteiger partial charge >= 0.3 is 0 Å². The number of rotatable bonds is 5. The summed E-state index contributed by atoms with van der Waals surface area (Å²) in [5.74, 6) is 0.0612. The van der Waals surface area contributed by atoms with Crippen LogP contribution in [0.3, 0.4) is 0 Å². The normalized spacial score (nSPS) is 15.8. The van der Waals surface area contributed by atoms with Gasteiger partial charge in [0, 0.05) is 56.7 Å². The van der Waals surface area contributed by atoms with Crippen LogP contribution >= 0.6 is 0 Å². The molecule has 2 aromatic heterocycles. The Bertz CT molecular complexity index is 1190. The summed E-state index contributed by atoms with van der Waals surface area (Å²) in [6, 6.07) is 8.05. The molecule has 8 nitrogen and oxygen atoms in total. The molecule has 1 aromatic carbocycles. The largest absolute Gasteiger partial charge is 0.361 e. The highest BCUT2D eigenvalue weighted by atomic mass is 32.2. The molecule has 1 fully saturated rings. The number of para-hydroxylation sites is 1. The van der Waals surface area contributed by atoms with Crippen LogP contribution in [0.4, 0.5) is 0 Å². The summed E-state index contributed by atoms with van der Waals surface area (Å²) < 4.78 is 29.2. The Morgan fingerprint density at radius 1 is 1.13 bits per heavy atom. The maximum atomic E-state index is 13.1. The molecule has 160 valence electrons. The topological polar surface area (TPSA) is 91.3 Å². The first-order valence-corrected chi connectivity index (χ1v) is 11.6. The fourth-order valence-electron chi connectivity index (χ4n) is 4.17. The van der Waals surface area contributed by atoms with Crippen molar-refractivity contribution < 1.29 is 13.2 Å². The molecule has 9 heteroatoms. The molecule has 1 aliphatic heterocycles. The molecule has 0 saturated carbocycles. The van der Waals surface area contributed by atoms with Crippen LogP contribution in [0.2, 0.25) is 0 Å². The average Bonchev–Trinajstić information content (AvgIpc) is 3.26. The minimum absolute atomic E-state index is 0.0612. The number of benzene rings is 1. The van der Waals surface area contributed by atoms with Gasteiger partial charge in [0.05, 0.1) is 11.4 Å². The number of amides is 1. The second-order valence-electron chi connectivity index (χ2n) is 7.77. The quantitative estimate of drug-likeness (QED) is 0.671. The van der Waals surface area contributed by atoms with Crippen molar-refractivity contribution in [3.8, 4) is 0 Å². The minimum atomic E-state index is -3.62. The highest BCUT2D eigenvalue weighted by Crippen LogP contribution is 2.24. The van der Waals surface area contributed by atoms with E-state index < -0.39 is 10.0 Å². The SMILES string of the molecule is Cc1nn(C)c(C)c1S(=O)(=O)N1CCN(C(=O)CCc2c[nH]c3ccccc23)CC1. The lowest BCUT2D eigenvalue weighted by atomic mass is 10.1. The van der Waals surface area contributed by atoms with Gasteiger partial charge < -0.3 is 9.88 Å². The molecule has 1 aliphatic rings. The Hall–Kier alpha value is -2.65. The lowest BCUT2D eigenvalue weighted by Crippen LogP contribution is -2.50. The second-order valence-corrected chi connectivity index (χ2v) is 9.64. The number of carbonyl (C=O) groups is 1. The first-order chi connectivity index (χ1) is 14.3. The number of aromatic nitrogens is 3. The zero-order chi connectivity index (χ0) is 21.5. The molecule has 0 unspecified atom stereocenters. The second kappa shape index (κ2) is 7.88. The predicted octanol–water partition coefficient (Wildman–Crippen LogP) is 1.98. The van der Waals surface area contributed by atoms with Gasteiger partial charge in [-0.05, 0) is 31.9 Å². The molecule has 3 heterocycles. The van der Waals surface area contributed by atoms with Crippen LogP contribution in [0.5, 0.6) is 0 Å². The van der Waals surface area contributed by atoms with Crippen LogP contribution < -0.4 is 0 Å². The van der Waals surface area contributed by atoms with Gasteiger partial charge in [-0.15, -0.1) is 0 Å². The van der Waals surface area contributed by atoms with Crippen LogP contribution in [0.15, 0.2) is 35.4 Å². The van der Waals surface area contributed by atoms with Crippen molar-refractivity contribution in [3.63, 3.8) is 0 Å². The van der Waals surface area contributed by atoms with Crippen molar-refractivity contribution in [2.24, 2.45) is 7.05 Å². The van der Waals surface area contributed by atoms with E-state index in [-0.39, 0.29) is 10.8 Å². The van der Waals surface area contributed by atoms with Gasteiger partial charge in [0.1, 0.15) is 4.90 Å². The van der Waals surface area contributed by atoms with Gasteiger partial charge in [-0.3, -0.25) is 9.48 Å². The zero-order valence-corrected chi connectivity index (χ0v) is 18.4. The van der Waals surface area contributed by atoms with Gasteiger partial charge in [-0.25, -0.2) is 8.42 Å². The zero-order valence-electron chi connectivity index (χ0n) is 17.6. The van der Waals surface area contributed by atoms with E-state index in [4.69, 9.17) is 0 Å². The van der Waals surface area contributed by atoms with E-state index in [1.165, 1.54) is 4.31 Å². The molecule has 4 rings (SSSR count). The monoisotopic (exact) mass is 429 g/mol. The van der Waals surface area contributed by atoms with E-state index in [9.17, 15) is 13.2 Å². The van der Waals surface area contributed by atoms with E-state index in [1.54, 1.807) is 30.5 Å². The van der Waals surface area contributed by atoms with Crippen LogP contribution in [0.1, 0.15) is 23.4 Å². The van der Waals surface area contributed by atoms with Crippen molar-refractivity contribution in [1.82, 2.24) is 24.0 Å². The molecule has 0 atom stereocenters. The minimum Gasteiger partial charge on any atom is -0.361 e. The van der Waals surface area contributed by atoms with Gasteiger partial charge in [-0.1, -0.05) is 18.2 Å². The number of hydrogen-bond acceptors (Lipinski definition) is 4. The van der Waals surface area contributed by atoms with Gasteiger partial charge in [0.25, 0.3) is 0 Å². The van der Waals surface area contributed by atoms with Crippen molar-refractivity contribution in [2.75, 3.05) is 26.2 Å².